The van der Waals surface area contributed by atoms with Crippen molar-refractivity contribution in [2.75, 3.05) is 0 Å². The average Bonchev–Trinajstić information content (AvgIpc) is 2.10. The van der Waals surface area contributed by atoms with Crippen molar-refractivity contribution in [2.45, 2.75) is 44.3 Å². The number of hydrogen-bond acceptors (Lipinski definition) is 0. The molecule has 67 valence electrons. The Hall–Kier alpha value is 1.49. The minimum atomic E-state index is -4.55. The van der Waals surface area contributed by atoms with Gasteiger partial charge in [-0.2, -0.15) is 0 Å². The van der Waals surface area contributed by atoms with E-state index in [-0.39, 0.29) is 51.4 Å². The summed E-state index contributed by atoms with van der Waals surface area (Å²) in [5.41, 5.74) is 0. The molecular weight excluding hydrogens is 191 g/mol. The first-order valence-electron chi connectivity index (χ1n) is 4.30. The summed E-state index contributed by atoms with van der Waals surface area (Å²) in [5.74, 6) is -0.947. The largest absolute Gasteiger partial charge is 0.481 e. The van der Waals surface area contributed by atoms with Crippen molar-refractivity contribution in [3.8, 4) is 0 Å². The molecule has 0 bridgehead atoms. The molecule has 0 amide bonds. The SMILES string of the molecule is F[B-](F)(F)C1CCCCCC1.[K]. The van der Waals surface area contributed by atoms with Gasteiger partial charge in [0.15, 0.2) is 0 Å². The molecule has 0 unspecified atom stereocenters. The molecule has 1 fully saturated rings. The Labute approximate surface area is 114 Å². The number of hydrogen-bond donors (Lipinski definition) is 0. The fourth-order valence-electron chi connectivity index (χ4n) is 1.69. The first kappa shape index (κ1) is 13.5. The van der Waals surface area contributed by atoms with Crippen LogP contribution in [-0.2, 0) is 0 Å². The van der Waals surface area contributed by atoms with Crippen LogP contribution in [0.2, 0.25) is 5.82 Å². The molecule has 0 aromatic heterocycles. The van der Waals surface area contributed by atoms with Gasteiger partial charge < -0.3 is 12.9 Å². The van der Waals surface area contributed by atoms with Gasteiger partial charge >= 0.3 is 6.98 Å². The summed E-state index contributed by atoms with van der Waals surface area (Å²) in [7, 11) is 0. The van der Waals surface area contributed by atoms with Crippen molar-refractivity contribution in [2.24, 2.45) is 0 Å². The quantitative estimate of drug-likeness (QED) is 0.454. The van der Waals surface area contributed by atoms with E-state index in [2.05, 4.69) is 0 Å². The van der Waals surface area contributed by atoms with Crippen LogP contribution in [0.1, 0.15) is 38.5 Å². The Morgan fingerprint density at radius 3 is 1.58 bits per heavy atom. The zero-order valence-electron chi connectivity index (χ0n) is 7.53. The number of halogens is 3. The summed E-state index contributed by atoms with van der Waals surface area (Å²) in [4.78, 5) is 0. The predicted molar refractivity (Wildman–Crippen MR) is 46.3 cm³/mol. The molecule has 1 rings (SSSR count). The molecule has 1 radical (unpaired) electrons. The van der Waals surface area contributed by atoms with Gasteiger partial charge in [0.2, 0.25) is 0 Å². The topological polar surface area (TPSA) is 0 Å². The molecule has 0 heterocycles. The normalized spacial score (nSPS) is 21.2. The first-order chi connectivity index (χ1) is 5.11. The standard InChI is InChI=1S/C7H13BF3.K/c9-8(10,11)7-5-3-1-2-4-6-7;/h7H,1-6H2;/q-1;. The Balaban J connectivity index is 0.00000121. The third-order valence-electron chi connectivity index (χ3n) is 2.43. The van der Waals surface area contributed by atoms with Gasteiger partial charge in [-0.05, 0) is 0 Å². The maximum atomic E-state index is 12.2. The minimum Gasteiger partial charge on any atom is -0.449 e. The fraction of sp³-hybridized carbons (Fsp3) is 1.00. The van der Waals surface area contributed by atoms with Gasteiger partial charge in [-0.3, -0.25) is 0 Å². The van der Waals surface area contributed by atoms with E-state index in [1.165, 1.54) is 0 Å². The van der Waals surface area contributed by atoms with Gasteiger partial charge in [0.1, 0.15) is 0 Å². The zero-order chi connectivity index (χ0) is 8.32. The van der Waals surface area contributed by atoms with Crippen molar-refractivity contribution in [3.05, 3.63) is 0 Å². The third-order valence-corrected chi connectivity index (χ3v) is 2.43. The molecule has 0 nitrogen and oxygen atoms in total. The van der Waals surface area contributed by atoms with Gasteiger partial charge in [0.25, 0.3) is 0 Å². The molecule has 1 aliphatic rings. The molecule has 0 aliphatic heterocycles. The van der Waals surface area contributed by atoms with Gasteiger partial charge in [0.05, 0.1) is 0 Å². The van der Waals surface area contributed by atoms with Gasteiger partial charge in [-0.15, -0.1) is 0 Å². The van der Waals surface area contributed by atoms with Crippen LogP contribution < -0.4 is 0 Å². The maximum absolute atomic E-state index is 12.2. The van der Waals surface area contributed by atoms with Gasteiger partial charge in [-0.1, -0.05) is 44.3 Å². The van der Waals surface area contributed by atoms with Crippen LogP contribution in [0.15, 0.2) is 0 Å². The van der Waals surface area contributed by atoms with Crippen LogP contribution in [0, 0.1) is 0 Å². The molecule has 0 atom stereocenters. The van der Waals surface area contributed by atoms with Crippen molar-refractivity contribution in [1.82, 2.24) is 0 Å². The molecule has 1 aliphatic carbocycles. The molecule has 0 aromatic carbocycles. The summed E-state index contributed by atoms with van der Waals surface area (Å²) in [5, 5.41) is 0. The molecule has 5 heteroatoms. The summed E-state index contributed by atoms with van der Waals surface area (Å²) >= 11 is 0. The summed E-state index contributed by atoms with van der Waals surface area (Å²) in [6.07, 6.45) is 4.27. The van der Waals surface area contributed by atoms with Crippen LogP contribution >= 0.6 is 0 Å². The van der Waals surface area contributed by atoms with E-state index in [4.69, 9.17) is 0 Å². The predicted octanol–water partition coefficient (Wildman–Crippen LogP) is 3.18. The molecule has 0 saturated heterocycles. The van der Waals surface area contributed by atoms with E-state index < -0.39 is 12.8 Å². The molecule has 0 aromatic rings. The van der Waals surface area contributed by atoms with Crippen molar-refractivity contribution >= 4 is 58.4 Å². The smallest absolute Gasteiger partial charge is 0.449 e. The Morgan fingerprint density at radius 1 is 0.833 bits per heavy atom. The minimum absolute atomic E-state index is 0. The van der Waals surface area contributed by atoms with Crippen LogP contribution in [0.3, 0.4) is 0 Å². The molecule has 1 saturated carbocycles. The second kappa shape index (κ2) is 6.07. The maximum Gasteiger partial charge on any atom is 0.481 e. The molecule has 0 spiro atoms. The van der Waals surface area contributed by atoms with Gasteiger partial charge in [-0.25, -0.2) is 0 Å². The Kier molecular flexibility index (Phi) is 6.82. The van der Waals surface area contributed by atoms with E-state index in [1.54, 1.807) is 0 Å². The van der Waals surface area contributed by atoms with Gasteiger partial charge in [0, 0.05) is 51.4 Å². The van der Waals surface area contributed by atoms with Crippen LogP contribution in [0.25, 0.3) is 0 Å². The summed E-state index contributed by atoms with van der Waals surface area (Å²) in [6.45, 7) is -4.55. The monoisotopic (exact) mass is 204 g/mol. The van der Waals surface area contributed by atoms with Crippen molar-refractivity contribution in [3.63, 3.8) is 0 Å². The average molecular weight is 204 g/mol. The summed E-state index contributed by atoms with van der Waals surface area (Å²) < 4.78 is 36.6. The molecular formula is C7H13BF3K-. The van der Waals surface area contributed by atoms with E-state index in [1.807, 2.05) is 0 Å². The number of rotatable bonds is 1. The molecule has 12 heavy (non-hydrogen) atoms. The van der Waals surface area contributed by atoms with Crippen LogP contribution in [0.5, 0.6) is 0 Å². The van der Waals surface area contributed by atoms with E-state index in [0.29, 0.717) is 12.8 Å². The van der Waals surface area contributed by atoms with Crippen LogP contribution in [0.4, 0.5) is 12.9 Å². The zero-order valence-corrected chi connectivity index (χ0v) is 10.7. The second-order valence-corrected chi connectivity index (χ2v) is 3.38. The van der Waals surface area contributed by atoms with Crippen molar-refractivity contribution in [1.29, 1.82) is 0 Å². The molecule has 0 N–H and O–H groups in total. The first-order valence-corrected chi connectivity index (χ1v) is 4.30. The van der Waals surface area contributed by atoms with E-state index >= 15 is 0 Å². The second-order valence-electron chi connectivity index (χ2n) is 3.38. The van der Waals surface area contributed by atoms with Crippen molar-refractivity contribution < 1.29 is 12.9 Å². The Bertz CT molecular complexity index is 118. The fourth-order valence-corrected chi connectivity index (χ4v) is 1.69. The Morgan fingerprint density at radius 2 is 1.25 bits per heavy atom. The van der Waals surface area contributed by atoms with E-state index in [0.717, 1.165) is 25.7 Å². The van der Waals surface area contributed by atoms with Crippen LogP contribution in [-0.4, -0.2) is 58.4 Å². The van der Waals surface area contributed by atoms with E-state index in [9.17, 15) is 12.9 Å². The summed E-state index contributed by atoms with van der Waals surface area (Å²) in [6, 6.07) is 0. The third kappa shape index (κ3) is 4.65.